The van der Waals surface area contributed by atoms with Crippen molar-refractivity contribution >= 4 is 0 Å². The molecular weight excluding hydrogens is 600 g/mol. The molecule has 0 amide bonds. The van der Waals surface area contributed by atoms with E-state index in [2.05, 4.69) is 83.1 Å². The summed E-state index contributed by atoms with van der Waals surface area (Å²) in [5.41, 5.74) is 4.06. The summed E-state index contributed by atoms with van der Waals surface area (Å²) >= 11 is 0. The Labute approximate surface area is 223 Å². The summed E-state index contributed by atoms with van der Waals surface area (Å²) in [4.78, 5) is 0. The van der Waals surface area contributed by atoms with Crippen LogP contribution in [0.3, 0.4) is 0 Å². The summed E-state index contributed by atoms with van der Waals surface area (Å²) in [7, 11) is 0. The van der Waals surface area contributed by atoms with E-state index >= 15 is 0 Å². The van der Waals surface area contributed by atoms with Crippen LogP contribution in [0, 0.1) is 39.9 Å². The fourth-order valence-electron chi connectivity index (χ4n) is 3.51. The Bertz CT molecular complexity index is 717. The molecule has 2 N–H and O–H groups in total. The number of aromatic hydroxyl groups is 2. The van der Waals surface area contributed by atoms with Crippen LogP contribution in [0.4, 0.5) is 0 Å². The van der Waals surface area contributed by atoms with Gasteiger partial charge in [-0.25, -0.2) is 0 Å². The summed E-state index contributed by atoms with van der Waals surface area (Å²) in [5, 5.41) is 20.5. The normalized spacial score (nSPS) is 12.5. The van der Waals surface area contributed by atoms with E-state index in [-0.39, 0.29) is 61.6 Å². The Hall–Kier alpha value is -0.635. The van der Waals surface area contributed by atoms with Crippen LogP contribution in [0.2, 0.25) is 0 Å². The summed E-state index contributed by atoms with van der Waals surface area (Å²) in [6.07, 6.45) is 0. The molecule has 0 atom stereocenters. The number of hydrogen-bond donors (Lipinski definition) is 2. The van der Waals surface area contributed by atoms with Crippen molar-refractivity contribution in [3.63, 3.8) is 0 Å². The van der Waals surface area contributed by atoms with Crippen molar-refractivity contribution in [2.24, 2.45) is 0 Å². The molecule has 2 aromatic carbocycles. The minimum absolute atomic E-state index is 0. The first-order valence-electron chi connectivity index (χ1n) is 10.9. The third kappa shape index (κ3) is 8.33. The zero-order chi connectivity index (χ0) is 23.7. The second-order valence-electron chi connectivity index (χ2n) is 12.4. The zero-order valence-corrected chi connectivity index (χ0v) is 27.9. The Morgan fingerprint density at radius 3 is 0.710 bits per heavy atom. The number of phenolic OH excluding ortho intramolecular Hbond substituents is 2. The standard InChI is InChI=1S/2C14H22O.Th.2H/c2*1-13(2,3)10-8-7-9-11(12(10)15)14(4,5)6;;;/h2*7-9,15H,1-6H3;;;. The van der Waals surface area contributed by atoms with Crippen LogP contribution in [-0.4, -0.2) is 10.2 Å². The van der Waals surface area contributed by atoms with E-state index in [1.165, 1.54) is 0 Å². The SMILES string of the molecule is CC(C)(C)c1cccc(C(C)(C)C)c1O.CC(C)(C)c1cccc(C(C)(C)C)c1O.[ThH2]. The van der Waals surface area contributed by atoms with Crippen molar-refractivity contribution in [1.29, 1.82) is 0 Å². The van der Waals surface area contributed by atoms with Crippen LogP contribution in [0.5, 0.6) is 11.5 Å². The van der Waals surface area contributed by atoms with E-state index in [0.29, 0.717) is 11.5 Å². The molecule has 0 heterocycles. The van der Waals surface area contributed by atoms with Gasteiger partial charge in [-0.05, 0) is 43.9 Å². The quantitative estimate of drug-likeness (QED) is 0.313. The monoisotopic (exact) mass is 646 g/mol. The van der Waals surface area contributed by atoms with Gasteiger partial charge in [0.25, 0.3) is 0 Å². The first-order valence-corrected chi connectivity index (χ1v) is 10.9. The number of rotatable bonds is 0. The predicted molar refractivity (Wildman–Crippen MR) is 134 cm³/mol. The van der Waals surface area contributed by atoms with E-state index in [4.69, 9.17) is 0 Å². The molecule has 31 heavy (non-hydrogen) atoms. The van der Waals surface area contributed by atoms with E-state index < -0.39 is 0 Å². The molecule has 0 spiro atoms. The van der Waals surface area contributed by atoms with E-state index in [1.54, 1.807) is 0 Å². The molecule has 0 saturated carbocycles. The van der Waals surface area contributed by atoms with Crippen LogP contribution in [0.15, 0.2) is 36.4 Å². The van der Waals surface area contributed by atoms with Gasteiger partial charge in [0.15, 0.2) is 0 Å². The van der Waals surface area contributed by atoms with Crippen molar-refractivity contribution in [2.45, 2.75) is 105 Å². The molecule has 0 aliphatic rings. The molecule has 0 bridgehead atoms. The summed E-state index contributed by atoms with van der Waals surface area (Å²) < 4.78 is 0. The Morgan fingerprint density at radius 1 is 0.419 bits per heavy atom. The van der Waals surface area contributed by atoms with Gasteiger partial charge in [0.2, 0.25) is 0 Å². The first kappa shape index (κ1) is 30.4. The zero-order valence-electron chi connectivity index (χ0n) is 22.1. The molecule has 0 unspecified atom stereocenters. The Morgan fingerprint density at radius 2 is 0.581 bits per heavy atom. The Balaban J connectivity index is 0.000000562. The fourth-order valence-corrected chi connectivity index (χ4v) is 3.51. The second-order valence-corrected chi connectivity index (χ2v) is 12.4. The topological polar surface area (TPSA) is 40.5 Å². The molecule has 0 radical (unpaired) electrons. The third-order valence-electron chi connectivity index (χ3n) is 5.30. The first-order chi connectivity index (χ1) is 13.3. The van der Waals surface area contributed by atoms with E-state index in [9.17, 15) is 10.2 Å². The van der Waals surface area contributed by atoms with Gasteiger partial charge < -0.3 is 10.2 Å². The van der Waals surface area contributed by atoms with Gasteiger partial charge in [0.1, 0.15) is 11.5 Å². The van der Waals surface area contributed by atoms with E-state index in [0.717, 1.165) is 22.3 Å². The van der Waals surface area contributed by atoms with Crippen LogP contribution >= 0.6 is 0 Å². The maximum atomic E-state index is 10.3. The number of hydrogen-bond acceptors (Lipinski definition) is 2. The number of para-hydroxylation sites is 2. The van der Waals surface area contributed by atoms with Gasteiger partial charge in [0, 0.05) is 0 Å². The molecule has 2 rings (SSSR count). The van der Waals surface area contributed by atoms with Crippen molar-refractivity contribution in [3.8, 4) is 11.5 Å². The van der Waals surface area contributed by atoms with Gasteiger partial charge >= 0.3 is 39.9 Å². The van der Waals surface area contributed by atoms with Gasteiger partial charge in [0.05, 0.1) is 0 Å². The number of phenols is 2. The molecule has 0 aromatic heterocycles. The van der Waals surface area contributed by atoms with Crippen molar-refractivity contribution < 1.29 is 50.2 Å². The summed E-state index contributed by atoms with van der Waals surface area (Å²) in [5.74, 6) is 0.912. The molecular formula is C28H46O2Th. The molecule has 0 aliphatic carbocycles. The average Bonchev–Trinajstić information content (AvgIpc) is 2.51. The van der Waals surface area contributed by atoms with Crippen molar-refractivity contribution in [2.75, 3.05) is 0 Å². The molecule has 2 aromatic rings. The van der Waals surface area contributed by atoms with Crippen LogP contribution in [-0.2, 0) is 21.7 Å². The number of benzene rings is 2. The maximum absolute atomic E-state index is 10.3. The minimum atomic E-state index is -0.00859. The molecule has 0 fully saturated rings. The average molecular weight is 647 g/mol. The molecule has 2 nitrogen and oxygen atoms in total. The van der Waals surface area contributed by atoms with Crippen LogP contribution in [0.1, 0.15) is 105 Å². The Kier molecular flexibility index (Phi) is 10.3. The van der Waals surface area contributed by atoms with Gasteiger partial charge in [-0.15, -0.1) is 0 Å². The van der Waals surface area contributed by atoms with Crippen LogP contribution in [0.25, 0.3) is 0 Å². The van der Waals surface area contributed by atoms with Gasteiger partial charge in [-0.2, -0.15) is 0 Å². The molecule has 0 aliphatic heterocycles. The molecule has 0 saturated heterocycles. The van der Waals surface area contributed by atoms with E-state index in [1.807, 2.05) is 36.4 Å². The van der Waals surface area contributed by atoms with Crippen LogP contribution < -0.4 is 0 Å². The second kappa shape index (κ2) is 10.5. The van der Waals surface area contributed by atoms with Gasteiger partial charge in [-0.1, -0.05) is 119 Å². The molecule has 174 valence electrons. The predicted octanol–water partition coefficient (Wildman–Crippen LogP) is 7.44. The van der Waals surface area contributed by atoms with Crippen molar-refractivity contribution in [3.05, 3.63) is 58.7 Å². The van der Waals surface area contributed by atoms with Gasteiger partial charge in [-0.3, -0.25) is 0 Å². The summed E-state index contributed by atoms with van der Waals surface area (Å²) in [6, 6.07) is 12.1. The molecule has 3 heteroatoms. The fraction of sp³-hybridized carbons (Fsp3) is 0.571. The van der Waals surface area contributed by atoms with Crippen molar-refractivity contribution in [1.82, 2.24) is 0 Å². The summed E-state index contributed by atoms with van der Waals surface area (Å²) in [6.45, 7) is 25.4. The third-order valence-corrected chi connectivity index (χ3v) is 5.30.